The summed E-state index contributed by atoms with van der Waals surface area (Å²) in [6.07, 6.45) is 1.55. The summed E-state index contributed by atoms with van der Waals surface area (Å²) in [5.74, 6) is 0.705. The average Bonchev–Trinajstić information content (AvgIpc) is 3.13. The van der Waals surface area contributed by atoms with Crippen LogP contribution in [0.25, 0.3) is 5.69 Å². The molecule has 0 aliphatic heterocycles. The van der Waals surface area contributed by atoms with Gasteiger partial charge in [0.25, 0.3) is 0 Å². The number of carboxylic acids is 1. The van der Waals surface area contributed by atoms with Crippen molar-refractivity contribution < 1.29 is 14.6 Å². The largest absolute Gasteiger partial charge is 0.494 e. The number of rotatable bonds is 6. The van der Waals surface area contributed by atoms with E-state index in [9.17, 15) is 9.90 Å². The molecule has 0 atom stereocenters. The first-order valence-electron chi connectivity index (χ1n) is 9.61. The number of hydrogen-bond donors (Lipinski definition) is 2. The molecule has 0 aliphatic rings. The molecule has 0 aliphatic carbocycles. The summed E-state index contributed by atoms with van der Waals surface area (Å²) in [5, 5.41) is 17.3. The Balaban J connectivity index is 0.00000145. The molecule has 0 unspecified atom stereocenters. The lowest BCUT2D eigenvalue weighted by Gasteiger charge is -2.15. The van der Waals surface area contributed by atoms with Gasteiger partial charge in [0, 0.05) is 12.3 Å². The molecule has 7 heteroatoms. The molecule has 2 heterocycles. The minimum absolute atomic E-state index is 0.0908. The number of aromatic carboxylic acids is 1. The Kier molecular flexibility index (Phi) is 7.36. The van der Waals surface area contributed by atoms with Gasteiger partial charge in [-0.2, -0.15) is 5.10 Å². The molecular formula is C22H28N4O3. The van der Waals surface area contributed by atoms with Crippen LogP contribution in [0, 0.1) is 6.92 Å². The van der Waals surface area contributed by atoms with Gasteiger partial charge in [-0.3, -0.25) is 0 Å². The third-order valence-corrected chi connectivity index (χ3v) is 4.24. The highest BCUT2D eigenvalue weighted by Gasteiger charge is 2.19. The van der Waals surface area contributed by atoms with Gasteiger partial charge < -0.3 is 15.2 Å². The lowest BCUT2D eigenvalue weighted by atomic mass is 10.1. The molecule has 0 bridgehead atoms. The summed E-state index contributed by atoms with van der Waals surface area (Å²) >= 11 is 0. The van der Waals surface area contributed by atoms with Crippen molar-refractivity contribution >= 4 is 17.6 Å². The first-order valence-corrected chi connectivity index (χ1v) is 9.61. The molecule has 3 aromatic rings. The number of benzene rings is 1. The maximum atomic E-state index is 11.5. The van der Waals surface area contributed by atoms with Crippen LogP contribution in [0.1, 0.15) is 55.2 Å². The Morgan fingerprint density at radius 3 is 2.55 bits per heavy atom. The Morgan fingerprint density at radius 2 is 1.93 bits per heavy atom. The van der Waals surface area contributed by atoms with Gasteiger partial charge in [0.1, 0.15) is 28.6 Å². The fourth-order valence-electron chi connectivity index (χ4n) is 2.81. The van der Waals surface area contributed by atoms with Crippen molar-refractivity contribution in [3.8, 4) is 11.4 Å². The van der Waals surface area contributed by atoms with Crippen molar-refractivity contribution in [2.24, 2.45) is 0 Å². The standard InChI is InChI=1S/C20H22N4O3.C2H6/c1-12(2)15-11-17(22-19-14(20(25)26)8-6-10-21-19)24(23-15)18-13(3)7-5-9-16(18)27-4;1-2/h5-12H,1-4H3,(H,21,22)(H,25,26);1-2H3. The van der Waals surface area contributed by atoms with Gasteiger partial charge in [-0.05, 0) is 36.6 Å². The molecule has 154 valence electrons. The van der Waals surface area contributed by atoms with Crippen LogP contribution in [-0.4, -0.2) is 33.0 Å². The van der Waals surface area contributed by atoms with Gasteiger partial charge in [0.05, 0.1) is 12.8 Å². The van der Waals surface area contributed by atoms with Crippen molar-refractivity contribution in [1.82, 2.24) is 14.8 Å². The fourth-order valence-corrected chi connectivity index (χ4v) is 2.81. The molecule has 0 amide bonds. The van der Waals surface area contributed by atoms with E-state index in [2.05, 4.69) is 24.1 Å². The van der Waals surface area contributed by atoms with Crippen molar-refractivity contribution in [2.75, 3.05) is 12.4 Å². The number of anilines is 2. The maximum absolute atomic E-state index is 11.5. The number of hydrogen-bond acceptors (Lipinski definition) is 5. The van der Waals surface area contributed by atoms with Crippen molar-refractivity contribution in [3.63, 3.8) is 0 Å². The zero-order chi connectivity index (χ0) is 21.6. The number of aromatic nitrogens is 3. The zero-order valence-electron chi connectivity index (χ0n) is 17.7. The molecule has 0 fully saturated rings. The van der Waals surface area contributed by atoms with Crippen LogP contribution < -0.4 is 10.1 Å². The smallest absolute Gasteiger partial charge is 0.339 e. The number of nitrogens with zero attached hydrogens (tertiary/aromatic N) is 3. The van der Waals surface area contributed by atoms with Crippen LogP contribution in [0.2, 0.25) is 0 Å². The maximum Gasteiger partial charge on any atom is 0.339 e. The minimum atomic E-state index is -1.05. The highest BCUT2D eigenvalue weighted by molar-refractivity contribution is 5.93. The van der Waals surface area contributed by atoms with Gasteiger partial charge in [-0.15, -0.1) is 0 Å². The number of para-hydroxylation sites is 1. The van der Waals surface area contributed by atoms with Gasteiger partial charge in [0.15, 0.2) is 0 Å². The molecule has 29 heavy (non-hydrogen) atoms. The normalized spacial score (nSPS) is 10.3. The third kappa shape index (κ3) is 4.74. The number of methoxy groups -OCH3 is 1. The summed E-state index contributed by atoms with van der Waals surface area (Å²) in [7, 11) is 1.61. The lowest BCUT2D eigenvalue weighted by Crippen LogP contribution is -2.09. The first-order chi connectivity index (χ1) is 13.9. The van der Waals surface area contributed by atoms with E-state index in [1.165, 1.54) is 6.07 Å². The van der Waals surface area contributed by atoms with Crippen molar-refractivity contribution in [3.05, 3.63) is 59.4 Å². The second kappa shape index (κ2) is 9.73. The number of aryl methyl sites for hydroxylation is 1. The van der Waals surface area contributed by atoms with Crippen LogP contribution in [0.15, 0.2) is 42.6 Å². The monoisotopic (exact) mass is 396 g/mol. The molecule has 2 N–H and O–H groups in total. The summed E-state index contributed by atoms with van der Waals surface area (Å²) < 4.78 is 7.26. The average molecular weight is 396 g/mol. The number of ether oxygens (including phenoxy) is 1. The number of pyridine rings is 1. The van der Waals surface area contributed by atoms with E-state index in [-0.39, 0.29) is 17.3 Å². The van der Waals surface area contributed by atoms with Gasteiger partial charge in [-0.25, -0.2) is 14.5 Å². The van der Waals surface area contributed by atoms with Crippen LogP contribution in [0.3, 0.4) is 0 Å². The van der Waals surface area contributed by atoms with E-state index < -0.39 is 5.97 Å². The Bertz CT molecular complexity index is 980. The predicted octanol–water partition coefficient (Wildman–Crippen LogP) is 5.18. The highest BCUT2D eigenvalue weighted by atomic mass is 16.5. The van der Waals surface area contributed by atoms with Gasteiger partial charge in [-0.1, -0.05) is 39.8 Å². The molecule has 2 aromatic heterocycles. The SMILES string of the molecule is CC.COc1cccc(C)c1-n1nc(C(C)C)cc1Nc1ncccc1C(=O)O. The number of nitrogens with one attached hydrogen (secondary N) is 1. The second-order valence-electron chi connectivity index (χ2n) is 6.48. The van der Waals surface area contributed by atoms with E-state index in [1.807, 2.05) is 45.0 Å². The Labute approximate surface area is 171 Å². The topological polar surface area (TPSA) is 89.3 Å². The van der Waals surface area contributed by atoms with E-state index >= 15 is 0 Å². The summed E-state index contributed by atoms with van der Waals surface area (Å²) in [4.78, 5) is 15.7. The first kappa shape index (κ1) is 21.9. The predicted molar refractivity (Wildman–Crippen MR) is 115 cm³/mol. The molecule has 0 saturated heterocycles. The van der Waals surface area contributed by atoms with Crippen molar-refractivity contribution in [2.45, 2.75) is 40.5 Å². The summed E-state index contributed by atoms with van der Waals surface area (Å²) in [5.41, 5.74) is 2.74. The third-order valence-electron chi connectivity index (χ3n) is 4.24. The number of carbonyl (C=O) groups is 1. The van der Waals surface area contributed by atoms with E-state index in [0.717, 1.165) is 16.9 Å². The second-order valence-corrected chi connectivity index (χ2v) is 6.48. The Hall–Kier alpha value is -3.35. The molecule has 0 radical (unpaired) electrons. The summed E-state index contributed by atoms with van der Waals surface area (Å²) in [6.45, 7) is 10.1. The highest BCUT2D eigenvalue weighted by Crippen LogP contribution is 2.32. The van der Waals surface area contributed by atoms with Gasteiger partial charge >= 0.3 is 5.97 Å². The molecule has 0 saturated carbocycles. The van der Waals surface area contributed by atoms with Crippen LogP contribution in [0.4, 0.5) is 11.6 Å². The minimum Gasteiger partial charge on any atom is -0.494 e. The van der Waals surface area contributed by atoms with Crippen LogP contribution in [0.5, 0.6) is 5.75 Å². The summed E-state index contributed by atoms with van der Waals surface area (Å²) in [6, 6.07) is 10.8. The lowest BCUT2D eigenvalue weighted by molar-refractivity contribution is 0.0697. The van der Waals surface area contributed by atoms with Crippen molar-refractivity contribution in [1.29, 1.82) is 0 Å². The zero-order valence-corrected chi connectivity index (χ0v) is 17.7. The van der Waals surface area contributed by atoms with E-state index in [1.54, 1.807) is 24.1 Å². The quantitative estimate of drug-likeness (QED) is 0.597. The molecular weight excluding hydrogens is 368 g/mol. The van der Waals surface area contributed by atoms with E-state index in [0.29, 0.717) is 11.6 Å². The molecule has 1 aromatic carbocycles. The molecule has 3 rings (SSSR count). The van der Waals surface area contributed by atoms with Crippen LogP contribution in [-0.2, 0) is 0 Å². The molecule has 7 nitrogen and oxygen atoms in total. The Morgan fingerprint density at radius 1 is 1.21 bits per heavy atom. The number of carboxylic acid groups (broad SMARTS) is 1. The van der Waals surface area contributed by atoms with Crippen LogP contribution >= 0.6 is 0 Å². The van der Waals surface area contributed by atoms with Gasteiger partial charge in [0.2, 0.25) is 0 Å². The van der Waals surface area contributed by atoms with E-state index in [4.69, 9.17) is 9.84 Å². The fraction of sp³-hybridized carbons (Fsp3) is 0.318. The molecule has 0 spiro atoms.